The molecule has 0 saturated heterocycles. The zero-order valence-corrected chi connectivity index (χ0v) is 19.5. The zero-order valence-electron chi connectivity index (χ0n) is 16.4. The Kier molecular flexibility index (Phi) is 7.48. The number of carbonyl (C=O) groups is 1. The lowest BCUT2D eigenvalue weighted by Crippen LogP contribution is -2.38. The summed E-state index contributed by atoms with van der Waals surface area (Å²) in [6, 6.07) is 13.9. The number of nitrogens with zero attached hydrogens (tertiary/aromatic N) is 1. The van der Waals surface area contributed by atoms with Crippen LogP contribution in [0.3, 0.4) is 0 Å². The molecule has 0 aliphatic rings. The van der Waals surface area contributed by atoms with Gasteiger partial charge in [-0.2, -0.15) is 13.2 Å². The van der Waals surface area contributed by atoms with Gasteiger partial charge in [-0.3, -0.25) is 9.10 Å². The van der Waals surface area contributed by atoms with Crippen LogP contribution in [-0.2, 0) is 21.0 Å². The molecule has 0 bridgehead atoms. The van der Waals surface area contributed by atoms with Crippen LogP contribution in [0.5, 0.6) is 0 Å². The predicted molar refractivity (Wildman–Crippen MR) is 123 cm³/mol. The highest BCUT2D eigenvalue weighted by Gasteiger charge is 2.34. The summed E-state index contributed by atoms with van der Waals surface area (Å²) in [5.41, 5.74) is -1.26. The van der Waals surface area contributed by atoms with E-state index in [1.807, 2.05) is 0 Å². The SMILES string of the molecule is O=C(CN(c1cccc(Cl)c1)S(=O)(=O)c1ccc(Cl)cc1)Nc1ccc(Cl)c(C(F)(F)F)c1. The van der Waals surface area contributed by atoms with E-state index in [2.05, 4.69) is 5.32 Å². The smallest absolute Gasteiger partial charge is 0.324 e. The van der Waals surface area contributed by atoms with E-state index in [1.165, 1.54) is 54.6 Å². The van der Waals surface area contributed by atoms with E-state index < -0.39 is 39.2 Å². The Morgan fingerprint density at radius 1 is 0.909 bits per heavy atom. The largest absolute Gasteiger partial charge is 0.417 e. The van der Waals surface area contributed by atoms with Crippen molar-refractivity contribution in [2.24, 2.45) is 0 Å². The summed E-state index contributed by atoms with van der Waals surface area (Å²) >= 11 is 17.4. The number of hydrogen-bond acceptors (Lipinski definition) is 3. The van der Waals surface area contributed by atoms with Crippen molar-refractivity contribution < 1.29 is 26.4 Å². The maximum absolute atomic E-state index is 13.3. The first-order chi connectivity index (χ1) is 15.4. The molecule has 0 aromatic heterocycles. The lowest BCUT2D eigenvalue weighted by molar-refractivity contribution is -0.137. The summed E-state index contributed by atoms with van der Waals surface area (Å²) in [7, 11) is -4.26. The second-order valence-electron chi connectivity index (χ2n) is 6.69. The number of hydrogen-bond donors (Lipinski definition) is 1. The van der Waals surface area contributed by atoms with Gasteiger partial charge in [-0.1, -0.05) is 40.9 Å². The van der Waals surface area contributed by atoms with Gasteiger partial charge in [0.1, 0.15) is 6.54 Å². The summed E-state index contributed by atoms with van der Waals surface area (Å²) in [4.78, 5) is 12.5. The first kappa shape index (κ1) is 25.2. The van der Waals surface area contributed by atoms with E-state index >= 15 is 0 Å². The van der Waals surface area contributed by atoms with Gasteiger partial charge in [0.2, 0.25) is 5.91 Å². The van der Waals surface area contributed by atoms with Crippen LogP contribution in [0.1, 0.15) is 5.56 Å². The van der Waals surface area contributed by atoms with Gasteiger partial charge in [0.15, 0.2) is 0 Å². The molecule has 0 spiro atoms. The van der Waals surface area contributed by atoms with Gasteiger partial charge in [0.25, 0.3) is 10.0 Å². The molecule has 1 amide bonds. The number of sulfonamides is 1. The van der Waals surface area contributed by atoms with Crippen molar-refractivity contribution in [3.05, 3.63) is 87.4 Å². The van der Waals surface area contributed by atoms with Crippen LogP contribution in [0.4, 0.5) is 24.5 Å². The molecule has 174 valence electrons. The molecule has 12 heteroatoms. The van der Waals surface area contributed by atoms with Gasteiger partial charge >= 0.3 is 6.18 Å². The molecule has 0 unspecified atom stereocenters. The highest BCUT2D eigenvalue weighted by Crippen LogP contribution is 2.36. The topological polar surface area (TPSA) is 66.5 Å². The van der Waals surface area contributed by atoms with Crippen LogP contribution in [0.2, 0.25) is 15.1 Å². The first-order valence-electron chi connectivity index (χ1n) is 9.08. The Bertz CT molecular complexity index is 1280. The van der Waals surface area contributed by atoms with Gasteiger partial charge in [0.05, 0.1) is 21.2 Å². The minimum atomic E-state index is -4.73. The van der Waals surface area contributed by atoms with Crippen LogP contribution >= 0.6 is 34.8 Å². The molecule has 0 aliphatic heterocycles. The maximum atomic E-state index is 13.3. The van der Waals surface area contributed by atoms with Crippen molar-refractivity contribution in [3.63, 3.8) is 0 Å². The summed E-state index contributed by atoms with van der Waals surface area (Å²) in [6.07, 6.45) is -4.73. The van der Waals surface area contributed by atoms with Crippen molar-refractivity contribution in [1.29, 1.82) is 0 Å². The van der Waals surface area contributed by atoms with Crippen LogP contribution < -0.4 is 9.62 Å². The molecule has 0 aliphatic carbocycles. The Labute approximate surface area is 202 Å². The molecular weight excluding hydrogens is 524 g/mol. The number of carbonyl (C=O) groups excluding carboxylic acids is 1. The third-order valence-electron chi connectivity index (χ3n) is 4.34. The van der Waals surface area contributed by atoms with Gasteiger partial charge in [-0.05, 0) is 60.7 Å². The molecule has 3 aromatic carbocycles. The standard InChI is InChI=1S/C21H14Cl3F3N2O3S/c22-13-4-7-17(8-5-13)33(31,32)29(16-3-1-2-14(23)10-16)12-20(30)28-15-6-9-19(24)18(11-15)21(25,26)27/h1-11H,12H2,(H,28,30). The zero-order chi connectivity index (χ0) is 24.4. The molecule has 33 heavy (non-hydrogen) atoms. The van der Waals surface area contributed by atoms with Crippen molar-refractivity contribution in [1.82, 2.24) is 0 Å². The van der Waals surface area contributed by atoms with E-state index in [-0.39, 0.29) is 21.3 Å². The van der Waals surface area contributed by atoms with E-state index in [4.69, 9.17) is 34.8 Å². The number of benzene rings is 3. The number of amides is 1. The Hall–Kier alpha value is -2.46. The van der Waals surface area contributed by atoms with E-state index in [9.17, 15) is 26.4 Å². The van der Waals surface area contributed by atoms with Crippen molar-refractivity contribution in [2.45, 2.75) is 11.1 Å². The lowest BCUT2D eigenvalue weighted by atomic mass is 10.2. The molecule has 5 nitrogen and oxygen atoms in total. The molecule has 3 rings (SSSR count). The molecule has 3 aromatic rings. The Morgan fingerprint density at radius 3 is 2.18 bits per heavy atom. The molecular formula is C21H14Cl3F3N2O3S. The molecule has 0 saturated carbocycles. The molecule has 0 atom stereocenters. The van der Waals surface area contributed by atoms with Crippen LogP contribution in [-0.4, -0.2) is 20.9 Å². The van der Waals surface area contributed by atoms with Gasteiger partial charge in [-0.25, -0.2) is 8.42 Å². The van der Waals surface area contributed by atoms with E-state index in [0.717, 1.165) is 10.4 Å². The number of nitrogens with one attached hydrogen (secondary N) is 1. The number of alkyl halides is 3. The number of halogens is 6. The van der Waals surface area contributed by atoms with Crippen molar-refractivity contribution >= 4 is 62.1 Å². The van der Waals surface area contributed by atoms with Crippen molar-refractivity contribution in [3.8, 4) is 0 Å². The van der Waals surface area contributed by atoms with Gasteiger partial charge in [0, 0.05) is 15.7 Å². The maximum Gasteiger partial charge on any atom is 0.417 e. The average molecular weight is 538 g/mol. The quantitative estimate of drug-likeness (QED) is 0.390. The first-order valence-corrected chi connectivity index (χ1v) is 11.7. The molecule has 0 heterocycles. The van der Waals surface area contributed by atoms with Crippen LogP contribution in [0.25, 0.3) is 0 Å². The monoisotopic (exact) mass is 536 g/mol. The molecule has 0 fully saturated rings. The minimum absolute atomic E-state index is 0.0830. The fraction of sp³-hybridized carbons (Fsp3) is 0.0952. The summed E-state index contributed by atoms with van der Waals surface area (Å²) in [6.45, 7) is -0.741. The van der Waals surface area contributed by atoms with E-state index in [0.29, 0.717) is 11.1 Å². The fourth-order valence-electron chi connectivity index (χ4n) is 2.83. The summed E-state index contributed by atoms with van der Waals surface area (Å²) < 4.78 is 66.6. The third kappa shape index (κ3) is 6.11. The number of anilines is 2. The highest BCUT2D eigenvalue weighted by atomic mass is 35.5. The van der Waals surface area contributed by atoms with Crippen molar-refractivity contribution in [2.75, 3.05) is 16.2 Å². The predicted octanol–water partition coefficient (Wildman–Crippen LogP) is 6.50. The Morgan fingerprint density at radius 2 is 1.58 bits per heavy atom. The van der Waals surface area contributed by atoms with Crippen LogP contribution in [0.15, 0.2) is 71.6 Å². The average Bonchev–Trinajstić information content (AvgIpc) is 2.73. The fourth-order valence-corrected chi connectivity index (χ4v) is 4.78. The normalized spacial score (nSPS) is 11.8. The van der Waals surface area contributed by atoms with E-state index in [1.54, 1.807) is 0 Å². The van der Waals surface area contributed by atoms with Gasteiger partial charge < -0.3 is 5.32 Å². The van der Waals surface area contributed by atoms with Gasteiger partial charge in [-0.15, -0.1) is 0 Å². The minimum Gasteiger partial charge on any atom is -0.324 e. The molecule has 0 radical (unpaired) electrons. The molecule has 1 N–H and O–H groups in total. The number of rotatable bonds is 6. The lowest BCUT2D eigenvalue weighted by Gasteiger charge is -2.24. The second kappa shape index (κ2) is 9.80. The summed E-state index contributed by atoms with van der Waals surface area (Å²) in [5.74, 6) is -0.886. The Balaban J connectivity index is 1.94. The highest BCUT2D eigenvalue weighted by molar-refractivity contribution is 7.92. The summed E-state index contributed by atoms with van der Waals surface area (Å²) in [5, 5.41) is 2.26. The van der Waals surface area contributed by atoms with Crippen LogP contribution in [0, 0.1) is 0 Å². The third-order valence-corrected chi connectivity index (χ3v) is 6.95. The second-order valence-corrected chi connectivity index (χ2v) is 9.83.